The molecule has 9 heteroatoms. The van der Waals surface area contributed by atoms with Gasteiger partial charge in [0.25, 0.3) is 0 Å². The first-order chi connectivity index (χ1) is 13.5. The van der Waals surface area contributed by atoms with E-state index < -0.39 is 0 Å². The minimum absolute atomic E-state index is 0. The minimum Gasteiger partial charge on any atom is -0.742 e. The molecule has 0 spiro atoms. The van der Waals surface area contributed by atoms with Gasteiger partial charge in [0.1, 0.15) is 11.2 Å². The average Bonchev–Trinajstić information content (AvgIpc) is 3.12. The zero-order valence-electron chi connectivity index (χ0n) is 21.2. The Morgan fingerprint density at radius 3 is 1.19 bits per heavy atom. The fraction of sp³-hybridized carbons (Fsp3) is 0.864. The van der Waals surface area contributed by atoms with Crippen LogP contribution >= 0.6 is 0 Å². The molecule has 0 aromatic heterocycles. The molecule has 176 valence electrons. The Hall–Kier alpha value is 0.0664. The van der Waals surface area contributed by atoms with Gasteiger partial charge in [0.05, 0.1) is 0 Å². The Kier molecular flexibility index (Phi) is 16.2. The predicted molar refractivity (Wildman–Crippen MR) is 121 cm³/mol. The minimum atomic E-state index is -0.372. The monoisotopic (exact) mass is 484 g/mol. The summed E-state index contributed by atoms with van der Waals surface area (Å²) in [5, 5.41) is -0.250. The van der Waals surface area contributed by atoms with E-state index in [2.05, 4.69) is 26.5 Å². The van der Waals surface area contributed by atoms with Gasteiger partial charge in [-0.15, -0.1) is 0 Å². The van der Waals surface area contributed by atoms with E-state index >= 15 is 0 Å². The van der Waals surface area contributed by atoms with E-state index in [4.69, 9.17) is 9.47 Å². The summed E-state index contributed by atoms with van der Waals surface area (Å²) in [4.78, 5) is 35.9. The first-order valence-electron chi connectivity index (χ1n) is 10.6. The van der Waals surface area contributed by atoms with Gasteiger partial charge in [-0.1, -0.05) is 13.8 Å². The van der Waals surface area contributed by atoms with Gasteiger partial charge in [0, 0.05) is 31.3 Å². The van der Waals surface area contributed by atoms with Gasteiger partial charge in [-0.05, 0) is 73.1 Å². The molecular weight excluding hydrogens is 443 g/mol. The number of nitrogens with zero attached hydrogens (tertiary/aromatic N) is 2. The van der Waals surface area contributed by atoms with E-state index in [0.29, 0.717) is 11.8 Å². The summed E-state index contributed by atoms with van der Waals surface area (Å²) in [5.74, 6) is 1.24. The maximum absolute atomic E-state index is 11.5. The number of likely N-dealkylation sites (tertiary alicyclic amines) is 2. The van der Waals surface area contributed by atoms with E-state index in [-0.39, 0.29) is 79.9 Å². The molecule has 2 aliphatic heterocycles. The molecule has 0 unspecified atom stereocenters. The number of rotatable bonds is 0. The normalized spacial score (nSPS) is 20.4. The van der Waals surface area contributed by atoms with Crippen molar-refractivity contribution in [3.8, 4) is 0 Å². The molecule has 2 fully saturated rings. The molecule has 0 saturated carbocycles. The summed E-state index contributed by atoms with van der Waals surface area (Å²) < 4.78 is 10.5. The molecule has 2 saturated heterocycles. The summed E-state index contributed by atoms with van der Waals surface area (Å²) in [6, 6.07) is 0. The van der Waals surface area contributed by atoms with Gasteiger partial charge in [-0.25, -0.2) is 9.59 Å². The van der Waals surface area contributed by atoms with Gasteiger partial charge in [-0.2, -0.15) is 0 Å². The number of carbonyl (C=O) groups excluding carboxylic acids is 3. The van der Waals surface area contributed by atoms with Crippen molar-refractivity contribution in [1.29, 1.82) is 0 Å². The molecule has 31 heavy (non-hydrogen) atoms. The van der Waals surface area contributed by atoms with Crippen molar-refractivity contribution in [3.05, 3.63) is 0 Å². The van der Waals surface area contributed by atoms with Crippen LogP contribution in [0.5, 0.6) is 0 Å². The van der Waals surface area contributed by atoms with Crippen LogP contribution in [0.15, 0.2) is 0 Å². The van der Waals surface area contributed by atoms with E-state index in [0.717, 1.165) is 39.0 Å². The van der Waals surface area contributed by atoms with Crippen molar-refractivity contribution in [2.24, 2.45) is 11.8 Å². The Balaban J connectivity index is 0. The van der Waals surface area contributed by atoms with Gasteiger partial charge >= 0.3 is 63.6 Å². The molecule has 2 rings (SSSR count). The van der Waals surface area contributed by atoms with Crippen molar-refractivity contribution in [2.75, 3.05) is 26.2 Å². The van der Waals surface area contributed by atoms with Crippen LogP contribution in [0.1, 0.15) is 75.2 Å². The topological polar surface area (TPSA) is 76.2 Å². The van der Waals surface area contributed by atoms with Crippen molar-refractivity contribution < 1.29 is 75.2 Å². The molecule has 2 aliphatic rings. The van der Waals surface area contributed by atoms with Crippen LogP contribution in [-0.2, 0) is 26.9 Å². The third-order valence-corrected chi connectivity index (χ3v) is 4.15. The SMILES string of the molecule is CC(=O)[S-].C[C@@H]1CCN(C(=O)OC(C)(C)C)C1.C[C@H]1CCN(C(=O)OC(C)(C)C)C1.[K+]. The van der Waals surface area contributed by atoms with Crippen LogP contribution in [0.3, 0.4) is 0 Å². The molecule has 0 aromatic carbocycles. The molecular formula is C22H41KN2O5S. The van der Waals surface area contributed by atoms with Crippen molar-refractivity contribution in [2.45, 2.75) is 86.4 Å². The molecule has 0 radical (unpaired) electrons. The first-order valence-corrected chi connectivity index (χ1v) is 11.0. The molecule has 7 nitrogen and oxygen atoms in total. The number of hydrogen-bond acceptors (Lipinski definition) is 6. The summed E-state index contributed by atoms with van der Waals surface area (Å²) in [5.41, 5.74) is -0.744. The van der Waals surface area contributed by atoms with Crippen LogP contribution in [0.25, 0.3) is 0 Å². The van der Waals surface area contributed by atoms with Crippen LogP contribution in [0.4, 0.5) is 9.59 Å². The van der Waals surface area contributed by atoms with Crippen LogP contribution in [0.2, 0.25) is 0 Å². The molecule has 0 aromatic rings. The fourth-order valence-electron chi connectivity index (χ4n) is 2.85. The third-order valence-electron chi connectivity index (χ3n) is 4.15. The summed E-state index contributed by atoms with van der Waals surface area (Å²) in [6.07, 6.45) is 1.85. The Morgan fingerprint density at radius 2 is 1.03 bits per heavy atom. The maximum Gasteiger partial charge on any atom is 1.00 e. The zero-order valence-corrected chi connectivity index (χ0v) is 25.2. The van der Waals surface area contributed by atoms with E-state index in [9.17, 15) is 14.4 Å². The largest absolute Gasteiger partial charge is 1.00 e. The summed E-state index contributed by atoms with van der Waals surface area (Å²) >= 11 is 3.98. The Labute approximate surface area is 237 Å². The van der Waals surface area contributed by atoms with Crippen LogP contribution in [0, 0.1) is 11.8 Å². The summed E-state index contributed by atoms with van der Waals surface area (Å²) in [6.45, 7) is 20.4. The standard InChI is InChI=1S/2C10H19NO2.C2H4OS.K/c2*1-8-5-6-11(7-8)9(12)13-10(2,3)4;1-2(3)4;/h2*8H,5-7H2,1-4H3;1H3,(H,3,4);/q;;;+1/p-1/t2*8-;;/m10../s1. The maximum atomic E-state index is 11.5. The molecule has 0 bridgehead atoms. The molecule has 0 aliphatic carbocycles. The molecule has 2 heterocycles. The predicted octanol–water partition coefficient (Wildman–Crippen LogP) is 1.61. The van der Waals surface area contributed by atoms with E-state index in [1.54, 1.807) is 9.80 Å². The Bertz CT molecular complexity index is 527. The van der Waals surface area contributed by atoms with Crippen molar-refractivity contribution >= 4 is 29.9 Å². The Morgan fingerprint density at radius 1 is 0.774 bits per heavy atom. The number of hydrogen-bond donors (Lipinski definition) is 0. The second kappa shape index (κ2) is 15.1. The van der Waals surface area contributed by atoms with Gasteiger partial charge in [-0.3, -0.25) is 0 Å². The van der Waals surface area contributed by atoms with Crippen molar-refractivity contribution in [1.82, 2.24) is 9.80 Å². The van der Waals surface area contributed by atoms with Gasteiger partial charge in [0.2, 0.25) is 0 Å². The molecule has 2 amide bonds. The first kappa shape index (κ1) is 33.2. The smallest absolute Gasteiger partial charge is 0.742 e. The quantitative estimate of drug-likeness (QED) is 0.384. The zero-order chi connectivity index (χ0) is 23.7. The van der Waals surface area contributed by atoms with Gasteiger partial charge in [0.15, 0.2) is 0 Å². The molecule has 0 N–H and O–H groups in total. The van der Waals surface area contributed by atoms with Crippen LogP contribution < -0.4 is 51.4 Å². The number of amides is 2. The number of ether oxygens (including phenoxy) is 2. The van der Waals surface area contributed by atoms with Crippen LogP contribution in [-0.4, -0.2) is 64.5 Å². The van der Waals surface area contributed by atoms with Gasteiger partial charge < -0.3 is 36.7 Å². The third kappa shape index (κ3) is 18.2. The van der Waals surface area contributed by atoms with E-state index in [1.165, 1.54) is 6.92 Å². The van der Waals surface area contributed by atoms with Crippen molar-refractivity contribution in [3.63, 3.8) is 0 Å². The second-order valence-corrected chi connectivity index (χ2v) is 10.7. The fourth-order valence-corrected chi connectivity index (χ4v) is 2.85. The molecule has 2 atom stereocenters. The number of carbonyl (C=O) groups is 3. The second-order valence-electron chi connectivity index (χ2n) is 10.1. The average molecular weight is 485 g/mol. The van der Waals surface area contributed by atoms with E-state index in [1.807, 2.05) is 41.5 Å². The summed E-state index contributed by atoms with van der Waals surface area (Å²) in [7, 11) is 0.